The molecule has 0 N–H and O–H groups in total. The summed E-state index contributed by atoms with van der Waals surface area (Å²) < 4.78 is 10.5. The van der Waals surface area contributed by atoms with Crippen LogP contribution >= 0.6 is 0 Å². The number of hydrogen-bond acceptors (Lipinski definition) is 2. The van der Waals surface area contributed by atoms with Crippen molar-refractivity contribution in [3.05, 3.63) is 54.1 Å². The lowest BCUT2D eigenvalue weighted by molar-refractivity contribution is -0.634. The molecule has 0 bridgehead atoms. The van der Waals surface area contributed by atoms with Gasteiger partial charge in [0.1, 0.15) is 6.10 Å². The van der Waals surface area contributed by atoms with Crippen molar-refractivity contribution in [2.45, 2.75) is 59.6 Å². The van der Waals surface area contributed by atoms with E-state index in [2.05, 4.69) is 80.3 Å². The lowest BCUT2D eigenvalue weighted by atomic mass is 9.75. The van der Waals surface area contributed by atoms with Crippen LogP contribution in [-0.4, -0.2) is 16.6 Å². The molecule has 1 heterocycles. The summed E-state index contributed by atoms with van der Waals surface area (Å²) in [6.07, 6.45) is 3.37. The standard InChI is InChI=1S/C27H35N2O2.HI/c1-18(2)21-15-14-19(3)16-25(21)31-26(30)17-29-24-13-9-8-12-23(24)28(5)27(29)22-11-7-6-10-20(22)4;/h6-13,18-19,21,25H,14-17H2,1-5H3;1H/q+1;/p-1/t19-,21+,25-;/m1./s1. The fraction of sp³-hybridized carbons (Fsp3) is 0.481. The lowest BCUT2D eigenvalue weighted by Crippen LogP contribution is -3.00. The Kier molecular flexibility index (Phi) is 8.01. The van der Waals surface area contributed by atoms with E-state index in [4.69, 9.17) is 4.74 Å². The highest BCUT2D eigenvalue weighted by Gasteiger charge is 2.34. The number of nitrogens with zero attached hydrogens (tertiary/aromatic N) is 2. The number of carbonyl (C=O) groups excluding carboxylic acids is 1. The van der Waals surface area contributed by atoms with Crippen LogP contribution in [0.15, 0.2) is 48.5 Å². The number of carbonyl (C=O) groups is 1. The highest BCUT2D eigenvalue weighted by Crippen LogP contribution is 2.35. The van der Waals surface area contributed by atoms with Crippen LogP contribution in [0.3, 0.4) is 0 Å². The van der Waals surface area contributed by atoms with Gasteiger partial charge in [-0.25, -0.2) is 13.9 Å². The zero-order valence-electron chi connectivity index (χ0n) is 19.8. The van der Waals surface area contributed by atoms with Gasteiger partial charge in [-0.2, -0.15) is 0 Å². The maximum absolute atomic E-state index is 13.2. The predicted octanol–water partition coefficient (Wildman–Crippen LogP) is 2.45. The third-order valence-electron chi connectivity index (χ3n) is 7.02. The van der Waals surface area contributed by atoms with Crippen molar-refractivity contribution in [2.24, 2.45) is 24.8 Å². The minimum Gasteiger partial charge on any atom is -1.00 e. The maximum Gasteiger partial charge on any atom is 0.348 e. The molecular formula is C27H35IN2O2. The largest absolute Gasteiger partial charge is 1.00 e. The number of aromatic nitrogens is 2. The van der Waals surface area contributed by atoms with E-state index < -0.39 is 0 Å². The average molecular weight is 546 g/mol. The van der Waals surface area contributed by atoms with Crippen LogP contribution in [0.4, 0.5) is 0 Å². The van der Waals surface area contributed by atoms with E-state index in [1.165, 1.54) is 12.0 Å². The van der Waals surface area contributed by atoms with E-state index in [9.17, 15) is 4.79 Å². The maximum atomic E-state index is 13.2. The number of ether oxygens (including phenoxy) is 1. The SMILES string of the molecule is Cc1ccccc1-c1n(CC(=O)O[C@@H]2C[C@H](C)CC[C@H]2C(C)C)c2ccccc2[n+]1C.[I-]. The molecule has 0 saturated heterocycles. The molecule has 4 nitrogen and oxygen atoms in total. The number of hydrogen-bond donors (Lipinski definition) is 0. The van der Waals surface area contributed by atoms with Crippen molar-refractivity contribution in [3.63, 3.8) is 0 Å². The summed E-state index contributed by atoms with van der Waals surface area (Å²) in [6, 6.07) is 16.6. The topological polar surface area (TPSA) is 35.1 Å². The molecule has 1 aliphatic rings. The van der Waals surface area contributed by atoms with Gasteiger partial charge >= 0.3 is 5.97 Å². The van der Waals surface area contributed by atoms with Crippen molar-refractivity contribution < 1.29 is 38.1 Å². The molecule has 0 unspecified atom stereocenters. The number of halogens is 1. The first kappa shape index (κ1) is 24.7. The van der Waals surface area contributed by atoms with Crippen LogP contribution in [0.5, 0.6) is 0 Å². The van der Waals surface area contributed by atoms with Gasteiger partial charge in [0.2, 0.25) is 0 Å². The Hall–Kier alpha value is -1.89. The Morgan fingerprint density at radius 3 is 2.53 bits per heavy atom. The number of esters is 1. The van der Waals surface area contributed by atoms with Gasteiger partial charge in [0, 0.05) is 0 Å². The second kappa shape index (κ2) is 10.4. The van der Waals surface area contributed by atoms with Gasteiger partial charge in [0.05, 0.1) is 12.6 Å². The summed E-state index contributed by atoms with van der Waals surface area (Å²) in [4.78, 5) is 13.2. The van der Waals surface area contributed by atoms with Gasteiger partial charge in [0.15, 0.2) is 17.6 Å². The number of imidazole rings is 1. The van der Waals surface area contributed by atoms with Crippen LogP contribution in [-0.2, 0) is 23.1 Å². The lowest BCUT2D eigenvalue weighted by Gasteiger charge is -2.36. The molecule has 0 spiro atoms. The molecule has 1 aromatic heterocycles. The molecule has 1 saturated carbocycles. The Labute approximate surface area is 209 Å². The van der Waals surface area contributed by atoms with Crippen LogP contribution in [0.1, 0.15) is 45.6 Å². The first-order valence-electron chi connectivity index (χ1n) is 11.6. The molecule has 3 atom stereocenters. The Balaban J connectivity index is 0.00000289. The van der Waals surface area contributed by atoms with Crippen LogP contribution in [0.2, 0.25) is 0 Å². The Morgan fingerprint density at radius 2 is 1.81 bits per heavy atom. The molecule has 0 aliphatic heterocycles. The zero-order valence-corrected chi connectivity index (χ0v) is 22.0. The van der Waals surface area contributed by atoms with Gasteiger partial charge in [0.25, 0.3) is 5.82 Å². The quantitative estimate of drug-likeness (QED) is 0.280. The van der Waals surface area contributed by atoms with Gasteiger partial charge in [-0.05, 0) is 61.3 Å². The second-order valence-electron chi connectivity index (χ2n) is 9.63. The van der Waals surface area contributed by atoms with Crippen molar-refractivity contribution in [1.29, 1.82) is 0 Å². The molecule has 3 aromatic rings. The predicted molar refractivity (Wildman–Crippen MR) is 125 cm³/mol. The van der Waals surface area contributed by atoms with Crippen LogP contribution in [0.25, 0.3) is 22.4 Å². The zero-order chi connectivity index (χ0) is 22.1. The first-order chi connectivity index (χ1) is 14.9. The van der Waals surface area contributed by atoms with Crippen molar-refractivity contribution >= 4 is 17.0 Å². The van der Waals surface area contributed by atoms with Gasteiger partial charge in [-0.15, -0.1) is 0 Å². The van der Waals surface area contributed by atoms with Crippen LogP contribution in [0, 0.1) is 24.7 Å². The molecule has 32 heavy (non-hydrogen) atoms. The molecular weight excluding hydrogens is 511 g/mol. The van der Waals surface area contributed by atoms with E-state index in [1.807, 2.05) is 12.1 Å². The first-order valence-corrected chi connectivity index (χ1v) is 11.6. The smallest absolute Gasteiger partial charge is 0.348 e. The van der Waals surface area contributed by atoms with E-state index >= 15 is 0 Å². The number of para-hydroxylation sites is 2. The summed E-state index contributed by atoms with van der Waals surface area (Å²) in [5.74, 6) is 2.49. The second-order valence-corrected chi connectivity index (χ2v) is 9.63. The van der Waals surface area contributed by atoms with Gasteiger partial charge in [-0.3, -0.25) is 0 Å². The Morgan fingerprint density at radius 1 is 1.12 bits per heavy atom. The van der Waals surface area contributed by atoms with Gasteiger partial charge < -0.3 is 28.7 Å². The molecule has 0 radical (unpaired) electrons. The number of aryl methyl sites for hydroxylation is 2. The van der Waals surface area contributed by atoms with E-state index in [-0.39, 0.29) is 42.6 Å². The summed E-state index contributed by atoms with van der Waals surface area (Å²) in [5.41, 5.74) is 4.49. The van der Waals surface area contributed by atoms with Gasteiger partial charge in [-0.1, -0.05) is 57.5 Å². The number of benzene rings is 2. The normalized spacial score (nSPS) is 20.9. The molecule has 172 valence electrons. The number of fused-ring (bicyclic) bond motifs is 1. The minimum atomic E-state index is -0.138. The summed E-state index contributed by atoms with van der Waals surface area (Å²) in [6.45, 7) is 9.11. The van der Waals surface area contributed by atoms with E-state index in [1.54, 1.807) is 0 Å². The molecule has 0 amide bonds. The highest BCUT2D eigenvalue weighted by atomic mass is 127. The van der Waals surface area contributed by atoms with Crippen molar-refractivity contribution in [2.75, 3.05) is 0 Å². The average Bonchev–Trinajstić information content (AvgIpc) is 3.00. The van der Waals surface area contributed by atoms with E-state index in [0.29, 0.717) is 17.8 Å². The molecule has 5 heteroatoms. The third-order valence-corrected chi connectivity index (χ3v) is 7.02. The molecule has 4 rings (SSSR count). The summed E-state index contributed by atoms with van der Waals surface area (Å²) >= 11 is 0. The van der Waals surface area contributed by atoms with Crippen molar-refractivity contribution in [3.8, 4) is 11.4 Å². The highest BCUT2D eigenvalue weighted by molar-refractivity contribution is 5.80. The third kappa shape index (κ3) is 4.87. The van der Waals surface area contributed by atoms with E-state index in [0.717, 1.165) is 35.3 Å². The minimum absolute atomic E-state index is 0. The van der Waals surface area contributed by atoms with Crippen molar-refractivity contribution in [1.82, 2.24) is 4.57 Å². The summed E-state index contributed by atoms with van der Waals surface area (Å²) in [7, 11) is 2.07. The fourth-order valence-electron chi connectivity index (χ4n) is 5.28. The Bertz CT molecular complexity index is 1090. The summed E-state index contributed by atoms with van der Waals surface area (Å²) in [5, 5.41) is 0. The fourth-order valence-corrected chi connectivity index (χ4v) is 5.28. The molecule has 2 aromatic carbocycles. The van der Waals surface area contributed by atoms with Crippen LogP contribution < -0.4 is 28.5 Å². The molecule has 1 fully saturated rings. The molecule has 1 aliphatic carbocycles. The number of rotatable bonds is 5. The monoisotopic (exact) mass is 546 g/mol.